The molecule has 0 fully saturated rings. The minimum absolute atomic E-state index is 0.164. The van der Waals surface area contributed by atoms with E-state index in [1.54, 1.807) is 51.2 Å². The number of carbonyl (C=O) groups is 1. The number of methoxy groups -OCH3 is 2. The van der Waals surface area contributed by atoms with Crippen molar-refractivity contribution in [3.63, 3.8) is 0 Å². The van der Waals surface area contributed by atoms with Gasteiger partial charge in [-0.05, 0) is 38.4 Å². The fourth-order valence-corrected chi connectivity index (χ4v) is 6.04. The van der Waals surface area contributed by atoms with Gasteiger partial charge in [0.2, 0.25) is 10.0 Å². The minimum atomic E-state index is -3.60. The first kappa shape index (κ1) is 26.9. The van der Waals surface area contributed by atoms with E-state index in [1.807, 2.05) is 25.1 Å². The first-order valence-corrected chi connectivity index (χ1v) is 13.5. The lowest BCUT2D eigenvalue weighted by Crippen LogP contribution is -2.36. The Bertz CT molecular complexity index is 1230. The molecule has 0 aliphatic rings. The van der Waals surface area contributed by atoms with Crippen LogP contribution >= 0.6 is 11.3 Å². The monoisotopic (exact) mass is 520 g/mol. The van der Waals surface area contributed by atoms with E-state index in [4.69, 9.17) is 14.5 Å². The molecule has 9 nitrogen and oxygen atoms in total. The van der Waals surface area contributed by atoms with Crippen LogP contribution in [0.4, 0.5) is 5.13 Å². The number of anilines is 1. The van der Waals surface area contributed by atoms with E-state index in [9.17, 15) is 13.2 Å². The lowest BCUT2D eigenvalue weighted by atomic mass is 10.2. The molecule has 1 aromatic heterocycles. The summed E-state index contributed by atoms with van der Waals surface area (Å²) in [5.41, 5.74) is 1.09. The Morgan fingerprint density at radius 2 is 1.57 bits per heavy atom. The van der Waals surface area contributed by atoms with Crippen molar-refractivity contribution < 1.29 is 22.7 Å². The third-order valence-electron chi connectivity index (χ3n) is 5.57. The molecule has 0 aliphatic carbocycles. The number of amides is 1. The summed E-state index contributed by atoms with van der Waals surface area (Å²) in [5.74, 6) is 0.899. The molecule has 11 heteroatoms. The third-order valence-corrected chi connectivity index (χ3v) is 8.68. The molecule has 0 N–H and O–H groups in total. The highest BCUT2D eigenvalue weighted by Crippen LogP contribution is 2.37. The summed E-state index contributed by atoms with van der Waals surface area (Å²) in [6, 6.07) is 9.71. The molecule has 3 aromatic rings. The molecule has 0 spiro atoms. The Morgan fingerprint density at radius 3 is 2.11 bits per heavy atom. The van der Waals surface area contributed by atoms with Crippen LogP contribution in [0.1, 0.15) is 24.2 Å². The van der Waals surface area contributed by atoms with E-state index in [2.05, 4.69) is 0 Å². The molecule has 2 aromatic carbocycles. The predicted molar refractivity (Wildman–Crippen MR) is 140 cm³/mol. The fourth-order valence-electron chi connectivity index (χ4n) is 3.58. The van der Waals surface area contributed by atoms with Crippen LogP contribution in [-0.4, -0.2) is 83.0 Å². The number of carbonyl (C=O) groups excluding carboxylic acids is 1. The van der Waals surface area contributed by atoms with Gasteiger partial charge in [0.05, 0.1) is 29.3 Å². The van der Waals surface area contributed by atoms with Crippen LogP contribution in [0.3, 0.4) is 0 Å². The molecule has 0 aliphatic heterocycles. The number of hydrogen-bond donors (Lipinski definition) is 0. The van der Waals surface area contributed by atoms with Crippen molar-refractivity contribution >= 4 is 42.6 Å². The third kappa shape index (κ3) is 5.75. The largest absolute Gasteiger partial charge is 0.493 e. The van der Waals surface area contributed by atoms with Crippen LogP contribution in [0, 0.1) is 0 Å². The highest BCUT2D eigenvalue weighted by molar-refractivity contribution is 7.89. The SMILES string of the molecule is CCN(CC)S(=O)(=O)c1ccc(C(=O)N(CCN(C)C)c2nc3cc(OC)c(OC)cc3s2)cc1. The van der Waals surface area contributed by atoms with Crippen molar-refractivity contribution in [1.29, 1.82) is 0 Å². The maximum absolute atomic E-state index is 13.6. The van der Waals surface area contributed by atoms with Crippen molar-refractivity contribution in [2.24, 2.45) is 0 Å². The van der Waals surface area contributed by atoms with Gasteiger partial charge in [-0.25, -0.2) is 13.4 Å². The highest BCUT2D eigenvalue weighted by Gasteiger charge is 2.25. The van der Waals surface area contributed by atoms with E-state index in [0.717, 1.165) is 4.70 Å². The smallest absolute Gasteiger partial charge is 0.260 e. The van der Waals surface area contributed by atoms with Crippen molar-refractivity contribution in [2.45, 2.75) is 18.7 Å². The molecule has 0 saturated carbocycles. The minimum Gasteiger partial charge on any atom is -0.493 e. The van der Waals surface area contributed by atoms with Crippen LogP contribution in [-0.2, 0) is 10.0 Å². The number of rotatable bonds is 11. The van der Waals surface area contributed by atoms with Crippen molar-refractivity contribution in [2.75, 3.05) is 59.4 Å². The predicted octanol–water partition coefficient (Wildman–Crippen LogP) is 3.55. The molecule has 0 saturated heterocycles. The van der Waals surface area contributed by atoms with Gasteiger partial charge in [-0.3, -0.25) is 9.69 Å². The first-order valence-electron chi connectivity index (χ1n) is 11.3. The number of fused-ring (bicyclic) bond motifs is 1. The molecular formula is C24H32N4O5S2. The summed E-state index contributed by atoms with van der Waals surface area (Å²) in [5, 5.41) is 0.544. The summed E-state index contributed by atoms with van der Waals surface area (Å²) in [4.78, 5) is 22.0. The van der Waals surface area contributed by atoms with E-state index < -0.39 is 10.0 Å². The lowest BCUT2D eigenvalue weighted by Gasteiger charge is -2.22. The highest BCUT2D eigenvalue weighted by atomic mass is 32.2. The number of likely N-dealkylation sites (N-methyl/N-ethyl adjacent to an activating group) is 1. The second-order valence-corrected chi connectivity index (χ2v) is 11.0. The molecule has 1 amide bonds. The van der Waals surface area contributed by atoms with Crippen molar-refractivity contribution in [1.82, 2.24) is 14.2 Å². The van der Waals surface area contributed by atoms with Crippen LogP contribution in [0.15, 0.2) is 41.3 Å². The molecule has 0 unspecified atom stereocenters. The van der Waals surface area contributed by atoms with Crippen LogP contribution < -0.4 is 14.4 Å². The summed E-state index contributed by atoms with van der Waals surface area (Å²) in [6.45, 7) is 5.40. The molecule has 3 rings (SSSR count). The quantitative estimate of drug-likeness (QED) is 0.382. The van der Waals surface area contributed by atoms with Gasteiger partial charge in [0, 0.05) is 43.9 Å². The molecule has 0 radical (unpaired) electrons. The normalized spacial score (nSPS) is 11.9. The average Bonchev–Trinajstić information content (AvgIpc) is 3.26. The van der Waals surface area contributed by atoms with Crippen LogP contribution in [0.5, 0.6) is 11.5 Å². The Morgan fingerprint density at radius 1 is 0.971 bits per heavy atom. The number of thiazole rings is 1. The average molecular weight is 521 g/mol. The van der Waals surface area contributed by atoms with E-state index in [1.165, 1.54) is 27.8 Å². The molecule has 190 valence electrons. The first-order chi connectivity index (χ1) is 16.7. The van der Waals surface area contributed by atoms with Gasteiger partial charge in [0.15, 0.2) is 16.6 Å². The maximum atomic E-state index is 13.6. The zero-order chi connectivity index (χ0) is 25.8. The standard InChI is InChI=1S/C24H32N4O5S2/c1-7-27(8-2)35(30,31)18-11-9-17(10-12-18)23(29)28(14-13-26(3)4)24-25-19-15-20(32-5)21(33-6)16-22(19)34-24/h9-12,15-16H,7-8,13-14H2,1-6H3. The van der Waals surface area contributed by atoms with Crippen molar-refractivity contribution in [3.05, 3.63) is 42.0 Å². The van der Waals surface area contributed by atoms with Crippen molar-refractivity contribution in [3.8, 4) is 11.5 Å². The van der Waals surface area contributed by atoms with Crippen LogP contribution in [0.2, 0.25) is 0 Å². The second kappa shape index (κ2) is 11.3. The number of hydrogen-bond acceptors (Lipinski definition) is 8. The molecule has 35 heavy (non-hydrogen) atoms. The number of aromatic nitrogens is 1. The second-order valence-electron chi connectivity index (χ2n) is 8.05. The number of ether oxygens (including phenoxy) is 2. The molecule has 0 bridgehead atoms. The topological polar surface area (TPSA) is 92.3 Å². The zero-order valence-electron chi connectivity index (χ0n) is 20.9. The summed E-state index contributed by atoms with van der Waals surface area (Å²) in [6.07, 6.45) is 0. The van der Waals surface area contributed by atoms with Gasteiger partial charge < -0.3 is 14.4 Å². The summed E-state index contributed by atoms with van der Waals surface area (Å²) >= 11 is 1.38. The number of sulfonamides is 1. The Balaban J connectivity index is 1.98. The van der Waals surface area contributed by atoms with E-state index >= 15 is 0 Å². The van der Waals surface area contributed by atoms with Gasteiger partial charge in [-0.15, -0.1) is 0 Å². The van der Waals surface area contributed by atoms with Gasteiger partial charge in [-0.2, -0.15) is 4.31 Å². The molecule has 0 atom stereocenters. The number of benzene rings is 2. The van der Waals surface area contributed by atoms with Gasteiger partial charge in [0.25, 0.3) is 5.91 Å². The Kier molecular flexibility index (Phi) is 8.70. The van der Waals surface area contributed by atoms with Crippen LogP contribution in [0.25, 0.3) is 10.2 Å². The Hall–Kier alpha value is -2.73. The molecular weight excluding hydrogens is 488 g/mol. The van der Waals surface area contributed by atoms with Gasteiger partial charge in [0.1, 0.15) is 0 Å². The maximum Gasteiger partial charge on any atom is 0.260 e. The zero-order valence-corrected chi connectivity index (χ0v) is 22.6. The Labute approximate surface area is 210 Å². The van der Waals surface area contributed by atoms with Gasteiger partial charge >= 0.3 is 0 Å². The van der Waals surface area contributed by atoms with Gasteiger partial charge in [-0.1, -0.05) is 25.2 Å². The molecule has 1 heterocycles. The van der Waals surface area contributed by atoms with E-state index in [0.29, 0.717) is 53.9 Å². The van der Waals surface area contributed by atoms with E-state index in [-0.39, 0.29) is 10.8 Å². The fraction of sp³-hybridized carbons (Fsp3) is 0.417. The number of nitrogens with zero attached hydrogens (tertiary/aromatic N) is 4. The summed E-state index contributed by atoms with van der Waals surface area (Å²) in [7, 11) is 3.40. The lowest BCUT2D eigenvalue weighted by molar-refractivity contribution is 0.0985. The summed E-state index contributed by atoms with van der Waals surface area (Å²) < 4.78 is 38.6.